The number of carbonyl (C=O) groups excluding carboxylic acids is 2. The highest BCUT2D eigenvalue weighted by Gasteiger charge is 2.44. The van der Waals surface area contributed by atoms with E-state index in [0.29, 0.717) is 18.6 Å². The van der Waals surface area contributed by atoms with Crippen LogP contribution in [0.5, 0.6) is 0 Å². The van der Waals surface area contributed by atoms with E-state index in [4.69, 9.17) is 4.74 Å². The summed E-state index contributed by atoms with van der Waals surface area (Å²) in [5, 5.41) is 3.35. The van der Waals surface area contributed by atoms with Crippen molar-refractivity contribution in [1.29, 1.82) is 0 Å². The highest BCUT2D eigenvalue weighted by atomic mass is 16.5. The molecule has 0 spiro atoms. The standard InChI is InChI=1S/C15H24N2O3/c1-2-20-12-7-10(8-12)16-13-9-14(18)17(15(13)19)11-5-3-4-6-11/h10-13,16H,2-9H2,1H3. The van der Waals surface area contributed by atoms with E-state index in [1.807, 2.05) is 6.92 Å². The van der Waals surface area contributed by atoms with Crippen molar-refractivity contribution in [2.75, 3.05) is 6.61 Å². The predicted octanol–water partition coefficient (Wildman–Crippen LogP) is 1.21. The molecule has 1 N–H and O–H groups in total. The summed E-state index contributed by atoms with van der Waals surface area (Å²) in [5.74, 6) is 0.0156. The average Bonchev–Trinajstić information content (AvgIpc) is 2.96. The van der Waals surface area contributed by atoms with Gasteiger partial charge >= 0.3 is 0 Å². The van der Waals surface area contributed by atoms with Crippen LogP contribution in [-0.4, -0.2) is 47.6 Å². The summed E-state index contributed by atoms with van der Waals surface area (Å²) in [6, 6.07) is 0.201. The molecule has 3 fully saturated rings. The minimum Gasteiger partial charge on any atom is -0.378 e. The number of amides is 2. The fourth-order valence-corrected chi connectivity index (χ4v) is 3.69. The molecule has 2 saturated carbocycles. The second-order valence-corrected chi connectivity index (χ2v) is 6.21. The lowest BCUT2D eigenvalue weighted by Crippen LogP contribution is -2.52. The number of nitrogens with one attached hydrogen (secondary N) is 1. The van der Waals surface area contributed by atoms with Crippen molar-refractivity contribution in [1.82, 2.24) is 10.2 Å². The van der Waals surface area contributed by atoms with Crippen molar-refractivity contribution >= 4 is 11.8 Å². The van der Waals surface area contributed by atoms with Crippen LogP contribution in [0.1, 0.15) is 51.9 Å². The van der Waals surface area contributed by atoms with Crippen molar-refractivity contribution < 1.29 is 14.3 Å². The van der Waals surface area contributed by atoms with Crippen LogP contribution in [0.3, 0.4) is 0 Å². The minimum absolute atomic E-state index is 0.00163. The van der Waals surface area contributed by atoms with Crippen LogP contribution in [0.2, 0.25) is 0 Å². The largest absolute Gasteiger partial charge is 0.378 e. The van der Waals surface area contributed by atoms with E-state index < -0.39 is 0 Å². The summed E-state index contributed by atoms with van der Waals surface area (Å²) in [6.45, 7) is 2.74. The van der Waals surface area contributed by atoms with E-state index in [1.165, 1.54) is 0 Å². The topological polar surface area (TPSA) is 58.6 Å². The number of imide groups is 1. The van der Waals surface area contributed by atoms with Gasteiger partial charge in [-0.25, -0.2) is 0 Å². The van der Waals surface area contributed by atoms with Crippen molar-refractivity contribution in [3.05, 3.63) is 0 Å². The molecule has 0 aromatic heterocycles. The molecule has 112 valence electrons. The van der Waals surface area contributed by atoms with Gasteiger partial charge in [-0.1, -0.05) is 12.8 Å². The number of rotatable bonds is 5. The van der Waals surface area contributed by atoms with Crippen molar-refractivity contribution in [3.8, 4) is 0 Å². The normalized spacial score (nSPS) is 34.9. The molecule has 0 radical (unpaired) electrons. The fourth-order valence-electron chi connectivity index (χ4n) is 3.69. The van der Waals surface area contributed by atoms with Gasteiger partial charge in [0.1, 0.15) is 0 Å². The van der Waals surface area contributed by atoms with Crippen LogP contribution in [0.25, 0.3) is 0 Å². The third-order valence-electron chi connectivity index (χ3n) is 4.81. The maximum absolute atomic E-state index is 12.4. The van der Waals surface area contributed by atoms with Crippen molar-refractivity contribution in [2.45, 2.75) is 76.1 Å². The third kappa shape index (κ3) is 2.61. The molecule has 3 aliphatic rings. The van der Waals surface area contributed by atoms with Gasteiger partial charge in [0.25, 0.3) is 0 Å². The van der Waals surface area contributed by atoms with Crippen LogP contribution in [-0.2, 0) is 14.3 Å². The maximum atomic E-state index is 12.4. The Balaban J connectivity index is 1.52. The summed E-state index contributed by atoms with van der Waals surface area (Å²) < 4.78 is 5.52. The van der Waals surface area contributed by atoms with E-state index in [9.17, 15) is 9.59 Å². The molecule has 1 heterocycles. The molecule has 0 aromatic rings. The molecule has 1 atom stereocenters. The Morgan fingerprint density at radius 1 is 1.25 bits per heavy atom. The Hall–Kier alpha value is -0.940. The molecule has 2 aliphatic carbocycles. The van der Waals surface area contributed by atoms with E-state index in [2.05, 4.69) is 5.32 Å². The first kappa shape index (κ1) is 14.0. The van der Waals surface area contributed by atoms with Gasteiger partial charge in [-0.15, -0.1) is 0 Å². The molecular weight excluding hydrogens is 256 g/mol. The lowest BCUT2D eigenvalue weighted by atomic mass is 9.88. The lowest BCUT2D eigenvalue weighted by molar-refractivity contribution is -0.141. The Labute approximate surface area is 120 Å². The zero-order valence-corrected chi connectivity index (χ0v) is 12.1. The number of carbonyl (C=O) groups is 2. The molecule has 1 aliphatic heterocycles. The highest BCUT2D eigenvalue weighted by molar-refractivity contribution is 6.05. The maximum Gasteiger partial charge on any atom is 0.247 e. The number of likely N-dealkylation sites (tertiary alicyclic amines) is 1. The van der Waals surface area contributed by atoms with Crippen LogP contribution in [0, 0.1) is 0 Å². The van der Waals surface area contributed by atoms with E-state index >= 15 is 0 Å². The molecule has 0 bridgehead atoms. The van der Waals surface area contributed by atoms with E-state index in [0.717, 1.165) is 45.1 Å². The molecule has 5 nitrogen and oxygen atoms in total. The second kappa shape index (κ2) is 5.82. The lowest BCUT2D eigenvalue weighted by Gasteiger charge is -2.36. The summed E-state index contributed by atoms with van der Waals surface area (Å²) in [7, 11) is 0. The molecule has 1 unspecified atom stereocenters. The highest BCUT2D eigenvalue weighted by Crippen LogP contribution is 2.30. The summed E-state index contributed by atoms with van der Waals surface area (Å²) in [4.78, 5) is 26.0. The molecule has 1 saturated heterocycles. The summed E-state index contributed by atoms with van der Waals surface area (Å²) in [5.41, 5.74) is 0. The van der Waals surface area contributed by atoms with Gasteiger partial charge < -0.3 is 10.1 Å². The summed E-state index contributed by atoms with van der Waals surface area (Å²) >= 11 is 0. The quantitative estimate of drug-likeness (QED) is 0.769. The molecule has 2 amide bonds. The number of ether oxygens (including phenoxy) is 1. The molecule has 3 rings (SSSR count). The first-order chi connectivity index (χ1) is 9.69. The molecule has 20 heavy (non-hydrogen) atoms. The summed E-state index contributed by atoms with van der Waals surface area (Å²) in [6.07, 6.45) is 6.82. The zero-order valence-electron chi connectivity index (χ0n) is 12.1. The van der Waals surface area contributed by atoms with Gasteiger partial charge in [0, 0.05) is 18.7 Å². The van der Waals surface area contributed by atoms with Crippen molar-refractivity contribution in [3.63, 3.8) is 0 Å². The SMILES string of the molecule is CCOC1CC(NC2CC(=O)N(C3CCCC3)C2=O)C1. The Morgan fingerprint density at radius 3 is 2.60 bits per heavy atom. The van der Waals surface area contributed by atoms with Crippen LogP contribution >= 0.6 is 0 Å². The van der Waals surface area contributed by atoms with Gasteiger partial charge in [-0.3, -0.25) is 14.5 Å². The van der Waals surface area contributed by atoms with E-state index in [-0.39, 0.29) is 23.9 Å². The first-order valence-corrected chi connectivity index (χ1v) is 7.92. The van der Waals surface area contributed by atoms with Crippen LogP contribution in [0.4, 0.5) is 0 Å². The third-order valence-corrected chi connectivity index (χ3v) is 4.81. The van der Waals surface area contributed by atoms with Gasteiger partial charge in [0.2, 0.25) is 11.8 Å². The van der Waals surface area contributed by atoms with Gasteiger partial charge in [0.15, 0.2) is 0 Å². The zero-order chi connectivity index (χ0) is 14.1. The van der Waals surface area contributed by atoms with Gasteiger partial charge in [-0.2, -0.15) is 0 Å². The first-order valence-electron chi connectivity index (χ1n) is 7.92. The Morgan fingerprint density at radius 2 is 1.95 bits per heavy atom. The van der Waals surface area contributed by atoms with Crippen molar-refractivity contribution in [2.24, 2.45) is 0 Å². The second-order valence-electron chi connectivity index (χ2n) is 6.21. The average molecular weight is 280 g/mol. The van der Waals surface area contributed by atoms with E-state index in [1.54, 1.807) is 4.90 Å². The fraction of sp³-hybridized carbons (Fsp3) is 0.867. The Bertz CT molecular complexity index is 387. The monoisotopic (exact) mass is 280 g/mol. The smallest absolute Gasteiger partial charge is 0.247 e. The number of hydrogen-bond donors (Lipinski definition) is 1. The minimum atomic E-state index is -0.296. The Kier molecular flexibility index (Phi) is 4.08. The predicted molar refractivity (Wildman–Crippen MR) is 74.1 cm³/mol. The molecule has 0 aromatic carbocycles. The number of nitrogens with zero attached hydrogens (tertiary/aromatic N) is 1. The number of hydrogen-bond acceptors (Lipinski definition) is 4. The van der Waals surface area contributed by atoms with Crippen LogP contribution < -0.4 is 5.32 Å². The molecule has 5 heteroatoms. The van der Waals surface area contributed by atoms with Gasteiger partial charge in [0.05, 0.1) is 18.6 Å². The van der Waals surface area contributed by atoms with Crippen LogP contribution in [0.15, 0.2) is 0 Å². The molecular formula is C15H24N2O3. The van der Waals surface area contributed by atoms with Gasteiger partial charge in [-0.05, 0) is 32.6 Å².